The minimum absolute atomic E-state index is 0.585. The summed E-state index contributed by atoms with van der Waals surface area (Å²) in [6.45, 7) is 1.85. The SMILES string of the molecule is CN(CC1(O)CCOCC1)c1ccc2ccccc2n1. The van der Waals surface area contributed by atoms with Gasteiger partial charge in [0.2, 0.25) is 0 Å². The number of aliphatic hydroxyl groups is 1. The Balaban J connectivity index is 1.79. The van der Waals surface area contributed by atoms with Gasteiger partial charge in [-0.1, -0.05) is 18.2 Å². The van der Waals surface area contributed by atoms with Gasteiger partial charge in [0.25, 0.3) is 0 Å². The third kappa shape index (κ3) is 2.76. The minimum atomic E-state index is -0.666. The van der Waals surface area contributed by atoms with Gasteiger partial charge in [-0.3, -0.25) is 0 Å². The van der Waals surface area contributed by atoms with E-state index in [1.54, 1.807) is 0 Å². The van der Waals surface area contributed by atoms with E-state index in [-0.39, 0.29) is 0 Å². The maximum Gasteiger partial charge on any atom is 0.129 e. The molecule has 1 aliphatic rings. The second-order valence-corrected chi connectivity index (χ2v) is 5.55. The number of ether oxygens (including phenoxy) is 1. The van der Waals surface area contributed by atoms with Crippen LogP contribution in [0.5, 0.6) is 0 Å². The molecule has 1 aromatic carbocycles. The molecule has 0 aliphatic carbocycles. The Bertz CT molecular complexity index is 594. The quantitative estimate of drug-likeness (QED) is 0.930. The summed E-state index contributed by atoms with van der Waals surface area (Å²) in [7, 11) is 1.98. The summed E-state index contributed by atoms with van der Waals surface area (Å²) in [6.07, 6.45) is 1.37. The number of para-hydroxylation sites is 1. The summed E-state index contributed by atoms with van der Waals surface area (Å²) in [5, 5.41) is 11.7. The monoisotopic (exact) mass is 272 g/mol. The topological polar surface area (TPSA) is 45.6 Å². The van der Waals surface area contributed by atoms with E-state index < -0.39 is 5.60 Å². The maximum absolute atomic E-state index is 10.6. The lowest BCUT2D eigenvalue weighted by Crippen LogP contribution is -2.46. The highest BCUT2D eigenvalue weighted by Gasteiger charge is 2.31. The highest BCUT2D eigenvalue weighted by molar-refractivity contribution is 5.80. The van der Waals surface area contributed by atoms with Crippen LogP contribution in [0.4, 0.5) is 5.82 Å². The van der Waals surface area contributed by atoms with E-state index in [1.807, 2.05) is 36.2 Å². The van der Waals surface area contributed by atoms with Crippen LogP contribution >= 0.6 is 0 Å². The normalized spacial score (nSPS) is 18.1. The number of pyridine rings is 1. The molecule has 4 nitrogen and oxygen atoms in total. The van der Waals surface area contributed by atoms with Gasteiger partial charge in [-0.2, -0.15) is 0 Å². The highest BCUT2D eigenvalue weighted by atomic mass is 16.5. The Kier molecular flexibility index (Phi) is 3.59. The first kappa shape index (κ1) is 13.3. The van der Waals surface area contributed by atoms with Crippen molar-refractivity contribution in [3.63, 3.8) is 0 Å². The van der Waals surface area contributed by atoms with Gasteiger partial charge in [-0.05, 0) is 18.2 Å². The fourth-order valence-electron chi connectivity index (χ4n) is 2.70. The first-order valence-electron chi connectivity index (χ1n) is 7.03. The number of rotatable bonds is 3. The fraction of sp³-hybridized carbons (Fsp3) is 0.438. The lowest BCUT2D eigenvalue weighted by Gasteiger charge is -2.35. The number of fused-ring (bicyclic) bond motifs is 1. The van der Waals surface area contributed by atoms with Crippen LogP contribution in [0.2, 0.25) is 0 Å². The van der Waals surface area contributed by atoms with E-state index in [2.05, 4.69) is 17.1 Å². The fourth-order valence-corrected chi connectivity index (χ4v) is 2.70. The molecule has 0 atom stereocenters. The van der Waals surface area contributed by atoms with E-state index in [4.69, 9.17) is 4.74 Å². The van der Waals surface area contributed by atoms with Gasteiger partial charge in [0, 0.05) is 45.0 Å². The average molecular weight is 272 g/mol. The van der Waals surface area contributed by atoms with Gasteiger partial charge in [0.15, 0.2) is 0 Å². The van der Waals surface area contributed by atoms with Crippen LogP contribution in [0.15, 0.2) is 36.4 Å². The summed E-state index contributed by atoms with van der Waals surface area (Å²) < 4.78 is 5.32. The van der Waals surface area contributed by atoms with Crippen molar-refractivity contribution in [3.05, 3.63) is 36.4 Å². The van der Waals surface area contributed by atoms with Crippen LogP contribution in [-0.4, -0.2) is 42.5 Å². The van der Waals surface area contributed by atoms with Crippen molar-refractivity contribution in [1.29, 1.82) is 0 Å². The predicted molar refractivity (Wildman–Crippen MR) is 80.0 cm³/mol. The molecule has 4 heteroatoms. The third-order valence-corrected chi connectivity index (χ3v) is 3.93. The van der Waals surface area contributed by atoms with Gasteiger partial charge in [0.05, 0.1) is 11.1 Å². The summed E-state index contributed by atoms with van der Waals surface area (Å²) in [5.41, 5.74) is 0.316. The number of hydrogen-bond acceptors (Lipinski definition) is 4. The zero-order chi connectivity index (χ0) is 14.0. The van der Waals surface area contributed by atoms with E-state index in [0.29, 0.717) is 32.6 Å². The molecule has 1 saturated heterocycles. The molecule has 2 aromatic rings. The van der Waals surface area contributed by atoms with Crippen LogP contribution in [0, 0.1) is 0 Å². The summed E-state index contributed by atoms with van der Waals surface area (Å²) in [4.78, 5) is 6.68. The first-order valence-corrected chi connectivity index (χ1v) is 7.03. The lowest BCUT2D eigenvalue weighted by atomic mass is 9.94. The van der Waals surface area contributed by atoms with Gasteiger partial charge >= 0.3 is 0 Å². The molecule has 3 rings (SSSR count). The number of anilines is 1. The number of nitrogens with zero attached hydrogens (tertiary/aromatic N) is 2. The number of hydrogen-bond donors (Lipinski definition) is 1. The second kappa shape index (κ2) is 5.38. The van der Waals surface area contributed by atoms with Gasteiger partial charge in [-0.25, -0.2) is 4.98 Å². The molecule has 2 heterocycles. The van der Waals surface area contributed by atoms with E-state index >= 15 is 0 Å². The first-order chi connectivity index (χ1) is 9.66. The van der Waals surface area contributed by atoms with Crippen molar-refractivity contribution < 1.29 is 9.84 Å². The zero-order valence-corrected chi connectivity index (χ0v) is 11.7. The van der Waals surface area contributed by atoms with Gasteiger partial charge in [-0.15, -0.1) is 0 Å². The van der Waals surface area contributed by atoms with E-state index in [0.717, 1.165) is 16.7 Å². The van der Waals surface area contributed by atoms with Crippen molar-refractivity contribution in [3.8, 4) is 0 Å². The van der Waals surface area contributed by atoms with Crippen LogP contribution in [0.3, 0.4) is 0 Å². The molecule has 0 unspecified atom stereocenters. The molecule has 0 saturated carbocycles. The van der Waals surface area contributed by atoms with Crippen LogP contribution in [-0.2, 0) is 4.74 Å². The standard InChI is InChI=1S/C16H20N2O2/c1-18(12-16(19)8-10-20-11-9-16)15-7-6-13-4-2-3-5-14(13)17-15/h2-7,19H,8-12H2,1H3. The Morgan fingerprint density at radius 2 is 1.95 bits per heavy atom. The molecule has 0 amide bonds. The average Bonchev–Trinajstić information content (AvgIpc) is 2.47. The van der Waals surface area contributed by atoms with Crippen molar-refractivity contribution in [1.82, 2.24) is 4.98 Å². The number of likely N-dealkylation sites (N-methyl/N-ethyl adjacent to an activating group) is 1. The lowest BCUT2D eigenvalue weighted by molar-refractivity contribution is -0.0573. The van der Waals surface area contributed by atoms with Gasteiger partial charge < -0.3 is 14.7 Å². The van der Waals surface area contributed by atoms with E-state index in [1.165, 1.54) is 0 Å². The van der Waals surface area contributed by atoms with Crippen molar-refractivity contribution in [2.24, 2.45) is 0 Å². The van der Waals surface area contributed by atoms with Crippen molar-refractivity contribution in [2.75, 3.05) is 31.7 Å². The molecule has 1 aromatic heterocycles. The second-order valence-electron chi connectivity index (χ2n) is 5.55. The molecule has 1 fully saturated rings. The largest absolute Gasteiger partial charge is 0.388 e. The molecule has 1 aliphatic heterocycles. The third-order valence-electron chi connectivity index (χ3n) is 3.93. The summed E-state index contributed by atoms with van der Waals surface area (Å²) in [6, 6.07) is 12.1. The van der Waals surface area contributed by atoms with E-state index in [9.17, 15) is 5.11 Å². The predicted octanol–water partition coefficient (Wildman–Crippen LogP) is 2.21. The number of benzene rings is 1. The number of aromatic nitrogens is 1. The molecular weight excluding hydrogens is 252 g/mol. The Morgan fingerprint density at radius 1 is 1.20 bits per heavy atom. The van der Waals surface area contributed by atoms with Crippen molar-refractivity contribution in [2.45, 2.75) is 18.4 Å². The molecule has 20 heavy (non-hydrogen) atoms. The summed E-state index contributed by atoms with van der Waals surface area (Å²) in [5.74, 6) is 0.892. The van der Waals surface area contributed by atoms with Crippen LogP contribution in [0.25, 0.3) is 10.9 Å². The smallest absolute Gasteiger partial charge is 0.129 e. The zero-order valence-electron chi connectivity index (χ0n) is 11.7. The molecule has 0 bridgehead atoms. The Hall–Kier alpha value is -1.65. The van der Waals surface area contributed by atoms with Crippen molar-refractivity contribution >= 4 is 16.7 Å². The molecule has 0 radical (unpaired) electrons. The van der Waals surface area contributed by atoms with Crippen LogP contribution < -0.4 is 4.90 Å². The Labute approximate surface area is 119 Å². The molecule has 1 N–H and O–H groups in total. The van der Waals surface area contributed by atoms with Crippen LogP contribution in [0.1, 0.15) is 12.8 Å². The minimum Gasteiger partial charge on any atom is -0.388 e. The molecule has 106 valence electrons. The van der Waals surface area contributed by atoms with Gasteiger partial charge in [0.1, 0.15) is 5.82 Å². The Morgan fingerprint density at radius 3 is 2.75 bits per heavy atom. The maximum atomic E-state index is 10.6. The molecule has 0 spiro atoms. The molecular formula is C16H20N2O2. The highest BCUT2D eigenvalue weighted by Crippen LogP contribution is 2.24. The summed E-state index contributed by atoms with van der Waals surface area (Å²) >= 11 is 0.